The van der Waals surface area contributed by atoms with E-state index in [9.17, 15) is 4.79 Å². The van der Waals surface area contributed by atoms with Gasteiger partial charge in [-0.1, -0.05) is 35.9 Å². The molecule has 4 heterocycles. The normalized spacial score (nSPS) is 11.5. The van der Waals surface area contributed by atoms with Crippen LogP contribution in [0.4, 0.5) is 0 Å². The van der Waals surface area contributed by atoms with E-state index in [1.807, 2.05) is 41.2 Å². The minimum Gasteiger partial charge on any atom is -0.306 e. The fourth-order valence-electron chi connectivity index (χ4n) is 3.43. The Balaban J connectivity index is 1.59. The van der Waals surface area contributed by atoms with Crippen LogP contribution in [0.5, 0.6) is 0 Å². The van der Waals surface area contributed by atoms with E-state index in [2.05, 4.69) is 41.2 Å². The molecule has 0 radical (unpaired) electrons. The first-order valence-electron chi connectivity index (χ1n) is 9.06. The Morgan fingerprint density at radius 2 is 1.79 bits per heavy atom. The van der Waals surface area contributed by atoms with E-state index in [0.29, 0.717) is 11.9 Å². The Morgan fingerprint density at radius 1 is 1.00 bits per heavy atom. The van der Waals surface area contributed by atoms with Gasteiger partial charge >= 0.3 is 0 Å². The summed E-state index contributed by atoms with van der Waals surface area (Å²) in [5.41, 5.74) is 6.02. The van der Waals surface area contributed by atoms with Crippen molar-refractivity contribution < 1.29 is 0 Å². The number of hydrogen-bond donors (Lipinski definition) is 0. The predicted molar refractivity (Wildman–Crippen MR) is 113 cm³/mol. The van der Waals surface area contributed by atoms with Crippen LogP contribution in [0.1, 0.15) is 16.8 Å². The van der Waals surface area contributed by atoms with Gasteiger partial charge in [-0.05, 0) is 31.0 Å². The van der Waals surface area contributed by atoms with Crippen LogP contribution < -0.4 is 5.56 Å². The Bertz CT molecular complexity index is 1380. The number of aryl methyl sites for hydroxylation is 2. The molecule has 0 amide bonds. The van der Waals surface area contributed by atoms with Gasteiger partial charge in [-0.3, -0.25) is 9.36 Å². The van der Waals surface area contributed by atoms with E-state index < -0.39 is 0 Å². The van der Waals surface area contributed by atoms with Crippen LogP contribution in [-0.4, -0.2) is 18.9 Å². The van der Waals surface area contributed by atoms with Crippen LogP contribution in [0.25, 0.3) is 27.0 Å². The predicted octanol–water partition coefficient (Wildman–Crippen LogP) is 4.44. The van der Waals surface area contributed by atoms with Crippen LogP contribution in [0, 0.1) is 13.8 Å². The van der Waals surface area contributed by atoms with Crippen LogP contribution in [0.3, 0.4) is 0 Å². The summed E-state index contributed by atoms with van der Waals surface area (Å²) in [6.07, 6.45) is 5.62. The molecule has 0 atom stereocenters. The van der Waals surface area contributed by atoms with Crippen molar-refractivity contribution in [2.75, 3.05) is 0 Å². The van der Waals surface area contributed by atoms with E-state index >= 15 is 0 Å². The second-order valence-corrected chi connectivity index (χ2v) is 7.94. The summed E-state index contributed by atoms with van der Waals surface area (Å²) in [6.45, 7) is 4.50. The van der Waals surface area contributed by atoms with Gasteiger partial charge in [-0.25, -0.2) is 9.97 Å². The summed E-state index contributed by atoms with van der Waals surface area (Å²) < 4.78 is 3.63. The number of imidazole rings is 1. The molecule has 0 saturated heterocycles. The quantitative estimate of drug-likeness (QED) is 0.461. The van der Waals surface area contributed by atoms with Crippen molar-refractivity contribution >= 4 is 27.2 Å². The third-order valence-electron chi connectivity index (χ3n) is 4.90. The average molecular weight is 386 g/mol. The number of benzene rings is 1. The van der Waals surface area contributed by atoms with Crippen LogP contribution in [0.15, 0.2) is 65.3 Å². The maximum atomic E-state index is 13.2. The first-order valence-corrected chi connectivity index (χ1v) is 9.94. The van der Waals surface area contributed by atoms with E-state index in [-0.39, 0.29) is 5.56 Å². The van der Waals surface area contributed by atoms with Gasteiger partial charge in [-0.2, -0.15) is 0 Å². The zero-order chi connectivity index (χ0) is 19.3. The van der Waals surface area contributed by atoms with Gasteiger partial charge in [0.1, 0.15) is 10.5 Å². The highest BCUT2D eigenvalue weighted by atomic mass is 32.1. The average Bonchev–Trinajstić information content (AvgIpc) is 3.28. The molecule has 5 aromatic rings. The Kier molecular flexibility index (Phi) is 3.87. The molecule has 0 spiro atoms. The first-order chi connectivity index (χ1) is 13.6. The van der Waals surface area contributed by atoms with Gasteiger partial charge in [-0.15, -0.1) is 11.3 Å². The van der Waals surface area contributed by atoms with E-state index in [1.165, 1.54) is 16.9 Å². The monoisotopic (exact) mass is 386 g/mol. The maximum absolute atomic E-state index is 13.2. The van der Waals surface area contributed by atoms with Crippen LogP contribution in [0.2, 0.25) is 0 Å². The maximum Gasteiger partial charge on any atom is 0.263 e. The zero-order valence-electron chi connectivity index (χ0n) is 15.6. The molecule has 5 rings (SSSR count). The lowest BCUT2D eigenvalue weighted by atomic mass is 10.1. The Hall–Kier alpha value is -3.25. The van der Waals surface area contributed by atoms with Gasteiger partial charge in [0.2, 0.25) is 0 Å². The topological polar surface area (TPSA) is 52.2 Å². The Labute approximate surface area is 165 Å². The number of aromatic nitrogens is 4. The molecule has 0 unspecified atom stereocenters. The van der Waals surface area contributed by atoms with Crippen molar-refractivity contribution in [1.29, 1.82) is 0 Å². The van der Waals surface area contributed by atoms with Crippen molar-refractivity contribution in [2.24, 2.45) is 0 Å². The molecule has 138 valence electrons. The highest BCUT2D eigenvalue weighted by Crippen LogP contribution is 2.30. The Morgan fingerprint density at radius 3 is 2.61 bits per heavy atom. The molecule has 0 aliphatic carbocycles. The molecule has 0 N–H and O–H groups in total. The summed E-state index contributed by atoms with van der Waals surface area (Å²) in [6, 6.07) is 12.2. The lowest BCUT2D eigenvalue weighted by molar-refractivity contribution is 0.735. The number of rotatable bonds is 3. The van der Waals surface area contributed by atoms with Crippen LogP contribution in [-0.2, 0) is 6.54 Å². The smallest absolute Gasteiger partial charge is 0.263 e. The molecule has 0 saturated carbocycles. The first kappa shape index (κ1) is 16.9. The molecule has 0 bridgehead atoms. The number of thiophene rings is 1. The lowest BCUT2D eigenvalue weighted by Crippen LogP contribution is -2.21. The van der Waals surface area contributed by atoms with Crippen molar-refractivity contribution in [2.45, 2.75) is 20.4 Å². The third-order valence-corrected chi connectivity index (χ3v) is 5.79. The SMILES string of the molecule is Cc1ccc(-c2csc3ncn(Cc4cn5cc(C)ccc5n4)c(=O)c23)cc1. The summed E-state index contributed by atoms with van der Waals surface area (Å²) >= 11 is 1.50. The third kappa shape index (κ3) is 2.82. The molecule has 0 aliphatic rings. The molecule has 28 heavy (non-hydrogen) atoms. The van der Waals surface area contributed by atoms with E-state index in [0.717, 1.165) is 32.9 Å². The van der Waals surface area contributed by atoms with E-state index in [1.54, 1.807) is 10.9 Å². The van der Waals surface area contributed by atoms with Gasteiger partial charge in [0, 0.05) is 23.3 Å². The summed E-state index contributed by atoms with van der Waals surface area (Å²) in [5, 5.41) is 2.69. The van der Waals surface area contributed by atoms with Gasteiger partial charge in [0.25, 0.3) is 5.56 Å². The second kappa shape index (κ2) is 6.42. The van der Waals surface area contributed by atoms with Gasteiger partial charge in [0.05, 0.1) is 24.0 Å². The highest BCUT2D eigenvalue weighted by molar-refractivity contribution is 7.17. The molecule has 5 nitrogen and oxygen atoms in total. The van der Waals surface area contributed by atoms with Crippen molar-refractivity contribution in [1.82, 2.24) is 18.9 Å². The minimum absolute atomic E-state index is 0.0324. The van der Waals surface area contributed by atoms with Crippen LogP contribution >= 0.6 is 11.3 Å². The molecule has 0 aliphatic heterocycles. The van der Waals surface area contributed by atoms with Gasteiger partial charge in [0.15, 0.2) is 0 Å². The highest BCUT2D eigenvalue weighted by Gasteiger charge is 2.14. The summed E-state index contributed by atoms with van der Waals surface area (Å²) in [4.78, 5) is 23.1. The van der Waals surface area contributed by atoms with Gasteiger partial charge < -0.3 is 4.40 Å². The van der Waals surface area contributed by atoms with Crippen molar-refractivity contribution in [3.8, 4) is 11.1 Å². The molecule has 1 aromatic carbocycles. The fourth-order valence-corrected chi connectivity index (χ4v) is 4.34. The summed E-state index contributed by atoms with van der Waals surface area (Å²) in [5.74, 6) is 0. The minimum atomic E-state index is -0.0324. The largest absolute Gasteiger partial charge is 0.306 e. The molecule has 6 heteroatoms. The number of nitrogens with zero attached hydrogens (tertiary/aromatic N) is 4. The molecule has 4 aromatic heterocycles. The molecular formula is C22H18N4OS. The molecule has 0 fully saturated rings. The molecular weight excluding hydrogens is 368 g/mol. The van der Waals surface area contributed by atoms with Crippen molar-refractivity contribution in [3.63, 3.8) is 0 Å². The number of pyridine rings is 1. The zero-order valence-corrected chi connectivity index (χ0v) is 16.4. The number of hydrogen-bond acceptors (Lipinski definition) is 4. The second-order valence-electron chi connectivity index (χ2n) is 7.08. The van der Waals surface area contributed by atoms with E-state index in [4.69, 9.17) is 0 Å². The fraction of sp³-hybridized carbons (Fsp3) is 0.136. The van der Waals surface area contributed by atoms with Crippen molar-refractivity contribution in [3.05, 3.63) is 87.7 Å². The summed E-state index contributed by atoms with van der Waals surface area (Å²) in [7, 11) is 0. The lowest BCUT2D eigenvalue weighted by Gasteiger charge is -2.05. The number of fused-ring (bicyclic) bond motifs is 2. The standard InChI is InChI=1S/C22H18N4OS/c1-14-3-6-16(7-4-14)18-12-28-21-20(18)22(27)26(13-23-21)11-17-10-25-9-15(2)5-8-19(25)24-17/h3-10,12-13H,11H2,1-2H3.